The zero-order valence-corrected chi connectivity index (χ0v) is 10.6. The molecule has 3 unspecified atom stereocenters. The third kappa shape index (κ3) is 2.52. The van der Waals surface area contributed by atoms with Crippen molar-refractivity contribution >= 4 is 5.90 Å². The van der Waals surface area contributed by atoms with Crippen molar-refractivity contribution in [1.82, 2.24) is 0 Å². The normalized spacial score (nSPS) is 29.6. The van der Waals surface area contributed by atoms with Crippen molar-refractivity contribution in [2.45, 2.75) is 43.7 Å². The summed E-state index contributed by atoms with van der Waals surface area (Å²) in [7, 11) is 0. The number of fused-ring (bicyclic) bond motifs is 1. The van der Waals surface area contributed by atoms with Gasteiger partial charge in [0.15, 0.2) is 0 Å². The van der Waals surface area contributed by atoms with E-state index in [-0.39, 0.29) is 18.2 Å². The fraction of sp³-hybridized carbons (Fsp3) is 0.500. The van der Waals surface area contributed by atoms with Gasteiger partial charge in [-0.2, -0.15) is 13.2 Å². The minimum absolute atomic E-state index is 0.0595. The maximum atomic E-state index is 12.5. The van der Waals surface area contributed by atoms with Crippen LogP contribution in [0, 0.1) is 0 Å². The first-order valence-corrected chi connectivity index (χ1v) is 6.53. The van der Waals surface area contributed by atoms with Gasteiger partial charge < -0.3 is 9.84 Å². The zero-order chi connectivity index (χ0) is 14.3. The molecule has 1 aromatic carbocycles. The largest absolute Gasteiger partial charge is 0.472 e. The number of halogens is 3. The quantitative estimate of drug-likeness (QED) is 0.862. The summed E-state index contributed by atoms with van der Waals surface area (Å²) in [6.07, 6.45) is -2.81. The summed E-state index contributed by atoms with van der Waals surface area (Å²) in [6, 6.07) is 4.71. The van der Waals surface area contributed by atoms with Crippen LogP contribution in [0.5, 0.6) is 0 Å². The fourth-order valence-corrected chi connectivity index (χ4v) is 2.64. The highest BCUT2D eigenvalue weighted by Gasteiger charge is 2.37. The van der Waals surface area contributed by atoms with Gasteiger partial charge in [0.05, 0.1) is 17.7 Å². The highest BCUT2D eigenvalue weighted by atomic mass is 19.4. The van der Waals surface area contributed by atoms with Crippen LogP contribution in [-0.4, -0.2) is 29.3 Å². The van der Waals surface area contributed by atoms with Crippen molar-refractivity contribution in [2.75, 3.05) is 0 Å². The van der Waals surface area contributed by atoms with Gasteiger partial charge in [0.25, 0.3) is 0 Å². The maximum absolute atomic E-state index is 12.5. The number of rotatable bonds is 1. The molecular formula is C14H14F3NO2. The number of alkyl halides is 3. The lowest BCUT2D eigenvalue weighted by Crippen LogP contribution is -2.33. The lowest BCUT2D eigenvalue weighted by Gasteiger charge is -2.25. The molecule has 1 aliphatic carbocycles. The van der Waals surface area contributed by atoms with Crippen LogP contribution < -0.4 is 0 Å². The van der Waals surface area contributed by atoms with Gasteiger partial charge in [0.1, 0.15) is 6.10 Å². The van der Waals surface area contributed by atoms with Crippen LogP contribution in [-0.2, 0) is 10.9 Å². The summed E-state index contributed by atoms with van der Waals surface area (Å²) in [5.41, 5.74) is -0.144. The van der Waals surface area contributed by atoms with E-state index in [1.54, 1.807) is 0 Å². The molecule has 108 valence electrons. The number of aliphatic hydroxyl groups excluding tert-OH is 1. The molecule has 0 saturated heterocycles. The molecule has 3 rings (SSSR count). The van der Waals surface area contributed by atoms with Crippen LogP contribution in [0.2, 0.25) is 0 Å². The molecule has 1 fully saturated rings. The van der Waals surface area contributed by atoms with E-state index in [1.165, 1.54) is 12.1 Å². The average molecular weight is 285 g/mol. The smallest absolute Gasteiger partial charge is 0.416 e. The van der Waals surface area contributed by atoms with Crippen molar-refractivity contribution in [1.29, 1.82) is 0 Å². The maximum Gasteiger partial charge on any atom is 0.416 e. The van der Waals surface area contributed by atoms with Crippen LogP contribution in [0.15, 0.2) is 29.3 Å². The molecule has 0 amide bonds. The third-order valence-electron chi connectivity index (χ3n) is 3.73. The lowest BCUT2D eigenvalue weighted by molar-refractivity contribution is -0.137. The van der Waals surface area contributed by atoms with Gasteiger partial charge >= 0.3 is 6.18 Å². The first kappa shape index (κ1) is 13.4. The van der Waals surface area contributed by atoms with E-state index in [1.807, 2.05) is 0 Å². The minimum Gasteiger partial charge on any atom is -0.472 e. The highest BCUT2D eigenvalue weighted by Crippen LogP contribution is 2.32. The van der Waals surface area contributed by atoms with E-state index < -0.39 is 11.7 Å². The van der Waals surface area contributed by atoms with Crippen molar-refractivity contribution in [3.05, 3.63) is 35.4 Å². The molecule has 1 N–H and O–H groups in total. The second-order valence-corrected chi connectivity index (χ2v) is 5.20. The van der Waals surface area contributed by atoms with Crippen LogP contribution >= 0.6 is 0 Å². The molecule has 0 aromatic heterocycles. The van der Waals surface area contributed by atoms with E-state index in [0.717, 1.165) is 18.6 Å². The van der Waals surface area contributed by atoms with Crippen LogP contribution in [0.1, 0.15) is 30.4 Å². The van der Waals surface area contributed by atoms with Gasteiger partial charge in [-0.3, -0.25) is 0 Å². The molecule has 3 atom stereocenters. The van der Waals surface area contributed by atoms with Crippen molar-refractivity contribution in [3.8, 4) is 0 Å². The molecule has 0 radical (unpaired) electrons. The molecular weight excluding hydrogens is 271 g/mol. The van der Waals surface area contributed by atoms with E-state index in [9.17, 15) is 18.3 Å². The number of aliphatic imine (C=N–C) groups is 1. The molecule has 0 bridgehead atoms. The van der Waals surface area contributed by atoms with Crippen molar-refractivity contribution < 1.29 is 23.0 Å². The number of aliphatic hydroxyl groups is 1. The second-order valence-electron chi connectivity index (χ2n) is 5.20. The first-order valence-electron chi connectivity index (χ1n) is 6.53. The Labute approximate surface area is 114 Å². The molecule has 3 nitrogen and oxygen atoms in total. The number of ether oxygens (including phenoxy) is 1. The monoisotopic (exact) mass is 285 g/mol. The second kappa shape index (κ2) is 4.77. The van der Waals surface area contributed by atoms with Crippen molar-refractivity contribution in [3.63, 3.8) is 0 Å². The van der Waals surface area contributed by atoms with Gasteiger partial charge in [0.2, 0.25) is 5.90 Å². The molecule has 0 spiro atoms. The number of nitrogens with zero attached hydrogens (tertiary/aromatic N) is 1. The van der Waals surface area contributed by atoms with E-state index in [2.05, 4.69) is 4.99 Å². The highest BCUT2D eigenvalue weighted by molar-refractivity contribution is 5.95. The summed E-state index contributed by atoms with van der Waals surface area (Å²) >= 11 is 0. The SMILES string of the molecule is OC1CCC2OC(c3ccc(C(F)(F)F)cc3)=NC2C1. The fourth-order valence-electron chi connectivity index (χ4n) is 2.64. The minimum atomic E-state index is -4.34. The third-order valence-corrected chi connectivity index (χ3v) is 3.73. The molecule has 6 heteroatoms. The van der Waals surface area contributed by atoms with E-state index in [4.69, 9.17) is 4.74 Å². The molecule has 2 aliphatic rings. The zero-order valence-electron chi connectivity index (χ0n) is 10.6. The Kier molecular flexibility index (Phi) is 3.20. The Balaban J connectivity index is 1.79. The standard InChI is InChI=1S/C14H14F3NO2/c15-14(16,17)9-3-1-8(2-4-9)13-18-11-7-10(19)5-6-12(11)20-13/h1-4,10-12,19H,5-7H2. The van der Waals surface area contributed by atoms with E-state index in [0.29, 0.717) is 24.3 Å². The average Bonchev–Trinajstić information content (AvgIpc) is 2.80. The first-order chi connectivity index (χ1) is 9.43. The predicted octanol–water partition coefficient (Wildman–Crippen LogP) is 2.76. The van der Waals surface area contributed by atoms with Gasteiger partial charge in [-0.05, 0) is 43.5 Å². The van der Waals surface area contributed by atoms with Gasteiger partial charge in [-0.1, -0.05) is 0 Å². The predicted molar refractivity (Wildman–Crippen MR) is 66.5 cm³/mol. The molecule has 1 saturated carbocycles. The Morgan fingerprint density at radius 2 is 1.85 bits per heavy atom. The van der Waals surface area contributed by atoms with Crippen molar-refractivity contribution in [2.24, 2.45) is 4.99 Å². The molecule has 20 heavy (non-hydrogen) atoms. The summed E-state index contributed by atoms with van der Waals surface area (Å²) < 4.78 is 43.2. The summed E-state index contributed by atoms with van der Waals surface area (Å²) in [5, 5.41) is 9.59. The lowest BCUT2D eigenvalue weighted by atomic mass is 9.91. The number of hydrogen-bond donors (Lipinski definition) is 1. The molecule has 1 aliphatic heterocycles. The molecule has 1 aromatic rings. The Bertz CT molecular complexity index is 524. The molecule has 1 heterocycles. The van der Waals surface area contributed by atoms with Gasteiger partial charge in [0, 0.05) is 5.56 Å². The number of benzene rings is 1. The topological polar surface area (TPSA) is 41.8 Å². The van der Waals surface area contributed by atoms with Crippen LogP contribution in [0.25, 0.3) is 0 Å². The summed E-state index contributed by atoms with van der Waals surface area (Å²) in [5.74, 6) is 0.378. The summed E-state index contributed by atoms with van der Waals surface area (Å²) in [4.78, 5) is 4.38. The Morgan fingerprint density at radius 3 is 2.50 bits per heavy atom. The Hall–Kier alpha value is -1.56. The van der Waals surface area contributed by atoms with Gasteiger partial charge in [-0.15, -0.1) is 0 Å². The number of hydrogen-bond acceptors (Lipinski definition) is 3. The van der Waals surface area contributed by atoms with Crippen LogP contribution in [0.4, 0.5) is 13.2 Å². The Morgan fingerprint density at radius 1 is 1.15 bits per heavy atom. The van der Waals surface area contributed by atoms with Gasteiger partial charge in [-0.25, -0.2) is 4.99 Å². The van der Waals surface area contributed by atoms with E-state index >= 15 is 0 Å². The van der Waals surface area contributed by atoms with Crippen LogP contribution in [0.3, 0.4) is 0 Å². The summed E-state index contributed by atoms with van der Waals surface area (Å²) in [6.45, 7) is 0.